The predicted octanol–water partition coefficient (Wildman–Crippen LogP) is 3.29. The van der Waals surface area contributed by atoms with Crippen molar-refractivity contribution >= 4 is 5.91 Å². The van der Waals surface area contributed by atoms with Gasteiger partial charge in [-0.05, 0) is 49.2 Å². The minimum atomic E-state index is -0.237. The molecule has 0 aliphatic carbocycles. The Morgan fingerprint density at radius 2 is 1.55 bits per heavy atom. The van der Waals surface area contributed by atoms with Gasteiger partial charge in [-0.3, -0.25) is 4.79 Å². The van der Waals surface area contributed by atoms with E-state index in [0.717, 1.165) is 11.1 Å². The van der Waals surface area contributed by atoms with E-state index in [4.69, 9.17) is 23.7 Å². The van der Waals surface area contributed by atoms with E-state index in [1.165, 1.54) is 0 Å². The first-order chi connectivity index (χ1) is 14.0. The quantitative estimate of drug-likeness (QED) is 0.581. The fourth-order valence-corrected chi connectivity index (χ4v) is 2.71. The summed E-state index contributed by atoms with van der Waals surface area (Å²) in [5.41, 5.74) is 1.94. The number of hydrogen-bond donors (Lipinski definition) is 1. The molecule has 0 radical (unpaired) electrons. The SMILES string of the molecule is COCCOc1ccc(C(C)NC(=O)COc2ccc(C)cc2OC)cc1OC. The second-order valence-electron chi connectivity index (χ2n) is 6.48. The summed E-state index contributed by atoms with van der Waals surface area (Å²) in [5.74, 6) is 2.11. The molecular weight excluding hydrogens is 374 g/mol. The van der Waals surface area contributed by atoms with Crippen molar-refractivity contribution in [1.29, 1.82) is 0 Å². The van der Waals surface area contributed by atoms with Crippen LogP contribution >= 0.6 is 0 Å². The van der Waals surface area contributed by atoms with Crippen molar-refractivity contribution < 1.29 is 28.5 Å². The minimum Gasteiger partial charge on any atom is -0.493 e. The topological polar surface area (TPSA) is 75.3 Å². The number of benzene rings is 2. The highest BCUT2D eigenvalue weighted by Gasteiger charge is 2.14. The Kier molecular flexibility index (Phi) is 8.61. The summed E-state index contributed by atoms with van der Waals surface area (Å²) in [7, 11) is 4.76. The van der Waals surface area contributed by atoms with Gasteiger partial charge in [0.15, 0.2) is 29.6 Å². The Balaban J connectivity index is 1.95. The Labute approximate surface area is 171 Å². The standard InChI is InChI=1S/C22H29NO6/c1-15-6-8-19(20(12-15)26-4)29-14-22(24)23-16(2)17-7-9-18(21(13-17)27-5)28-11-10-25-3/h6-9,12-13,16H,10-11,14H2,1-5H3,(H,23,24). The lowest BCUT2D eigenvalue weighted by atomic mass is 10.1. The maximum absolute atomic E-state index is 12.3. The van der Waals surface area contributed by atoms with Crippen LogP contribution in [0.5, 0.6) is 23.0 Å². The monoisotopic (exact) mass is 403 g/mol. The summed E-state index contributed by atoms with van der Waals surface area (Å²) in [6, 6.07) is 10.9. The van der Waals surface area contributed by atoms with Gasteiger partial charge in [0.2, 0.25) is 0 Å². The lowest BCUT2D eigenvalue weighted by molar-refractivity contribution is -0.123. The van der Waals surface area contributed by atoms with Crippen molar-refractivity contribution in [3.05, 3.63) is 47.5 Å². The zero-order valence-electron chi connectivity index (χ0n) is 17.6. The number of nitrogens with one attached hydrogen (secondary N) is 1. The Morgan fingerprint density at radius 1 is 0.897 bits per heavy atom. The molecule has 2 rings (SSSR count). The molecule has 0 aliphatic heterocycles. The summed E-state index contributed by atoms with van der Waals surface area (Å²) in [6.07, 6.45) is 0. The fourth-order valence-electron chi connectivity index (χ4n) is 2.71. The number of hydrogen-bond acceptors (Lipinski definition) is 6. The molecule has 1 amide bonds. The van der Waals surface area contributed by atoms with E-state index in [1.807, 2.05) is 44.2 Å². The lowest BCUT2D eigenvalue weighted by Gasteiger charge is -2.18. The molecule has 0 heterocycles. The lowest BCUT2D eigenvalue weighted by Crippen LogP contribution is -2.31. The molecule has 0 saturated heterocycles. The van der Waals surface area contributed by atoms with Crippen molar-refractivity contribution in [3.8, 4) is 23.0 Å². The summed E-state index contributed by atoms with van der Waals surface area (Å²) in [6.45, 7) is 4.66. The van der Waals surface area contributed by atoms with Crippen molar-refractivity contribution in [3.63, 3.8) is 0 Å². The highest BCUT2D eigenvalue weighted by Crippen LogP contribution is 2.30. The molecule has 7 heteroatoms. The fraction of sp³-hybridized carbons (Fsp3) is 0.409. The smallest absolute Gasteiger partial charge is 0.258 e. The molecule has 0 aromatic heterocycles. The van der Waals surface area contributed by atoms with E-state index in [1.54, 1.807) is 27.4 Å². The third-order valence-corrected chi connectivity index (χ3v) is 4.29. The highest BCUT2D eigenvalue weighted by molar-refractivity contribution is 5.78. The normalized spacial score (nSPS) is 11.5. The van der Waals surface area contributed by atoms with Crippen molar-refractivity contribution in [2.45, 2.75) is 19.9 Å². The van der Waals surface area contributed by atoms with Gasteiger partial charge in [-0.2, -0.15) is 0 Å². The molecule has 29 heavy (non-hydrogen) atoms. The first-order valence-corrected chi connectivity index (χ1v) is 9.35. The second kappa shape index (κ2) is 11.2. The zero-order chi connectivity index (χ0) is 21.2. The van der Waals surface area contributed by atoms with Crippen LogP contribution in [0.1, 0.15) is 24.1 Å². The van der Waals surface area contributed by atoms with Crippen LogP contribution in [-0.4, -0.2) is 47.1 Å². The maximum atomic E-state index is 12.3. The first kappa shape index (κ1) is 22.4. The first-order valence-electron chi connectivity index (χ1n) is 9.35. The van der Waals surface area contributed by atoms with Gasteiger partial charge in [-0.25, -0.2) is 0 Å². The van der Waals surface area contributed by atoms with Gasteiger partial charge in [0, 0.05) is 7.11 Å². The summed E-state index contributed by atoms with van der Waals surface area (Å²) in [5, 5.41) is 2.92. The number of carbonyl (C=O) groups excluding carboxylic acids is 1. The second-order valence-corrected chi connectivity index (χ2v) is 6.48. The summed E-state index contributed by atoms with van der Waals surface area (Å²) in [4.78, 5) is 12.3. The van der Waals surface area contributed by atoms with Crippen LogP contribution in [0.4, 0.5) is 0 Å². The summed E-state index contributed by atoms with van der Waals surface area (Å²) >= 11 is 0. The third-order valence-electron chi connectivity index (χ3n) is 4.29. The van der Waals surface area contributed by atoms with Crippen LogP contribution in [0.15, 0.2) is 36.4 Å². The van der Waals surface area contributed by atoms with Gasteiger partial charge < -0.3 is 29.0 Å². The molecule has 7 nitrogen and oxygen atoms in total. The van der Waals surface area contributed by atoms with Crippen LogP contribution in [0.2, 0.25) is 0 Å². The van der Waals surface area contributed by atoms with E-state index in [9.17, 15) is 4.79 Å². The van der Waals surface area contributed by atoms with Gasteiger partial charge in [-0.1, -0.05) is 12.1 Å². The van der Waals surface area contributed by atoms with Crippen LogP contribution in [0.25, 0.3) is 0 Å². The maximum Gasteiger partial charge on any atom is 0.258 e. The molecular formula is C22H29NO6. The molecule has 1 atom stereocenters. The van der Waals surface area contributed by atoms with Crippen molar-refractivity contribution in [2.24, 2.45) is 0 Å². The number of aryl methyl sites for hydroxylation is 1. The van der Waals surface area contributed by atoms with Crippen LogP contribution in [0, 0.1) is 6.92 Å². The molecule has 0 fully saturated rings. The number of amides is 1. The Bertz CT molecular complexity index is 808. The molecule has 0 saturated carbocycles. The average Bonchev–Trinajstić information content (AvgIpc) is 2.72. The van der Waals surface area contributed by atoms with Crippen molar-refractivity contribution in [2.75, 3.05) is 41.2 Å². The third kappa shape index (κ3) is 6.57. The molecule has 1 N–H and O–H groups in total. The molecule has 2 aromatic rings. The molecule has 0 aliphatic rings. The van der Waals surface area contributed by atoms with Gasteiger partial charge in [0.25, 0.3) is 5.91 Å². The van der Waals surface area contributed by atoms with E-state index in [0.29, 0.717) is 36.2 Å². The number of carbonyl (C=O) groups is 1. The van der Waals surface area contributed by atoms with Crippen LogP contribution < -0.4 is 24.3 Å². The van der Waals surface area contributed by atoms with Gasteiger partial charge in [0.1, 0.15) is 6.61 Å². The predicted molar refractivity (Wildman–Crippen MR) is 110 cm³/mol. The highest BCUT2D eigenvalue weighted by atomic mass is 16.5. The van der Waals surface area contributed by atoms with Gasteiger partial charge in [-0.15, -0.1) is 0 Å². The number of rotatable bonds is 11. The Morgan fingerprint density at radius 3 is 2.24 bits per heavy atom. The van der Waals surface area contributed by atoms with Gasteiger partial charge in [0.05, 0.1) is 26.9 Å². The minimum absolute atomic E-state index is 0.112. The van der Waals surface area contributed by atoms with Crippen LogP contribution in [-0.2, 0) is 9.53 Å². The molecule has 158 valence electrons. The van der Waals surface area contributed by atoms with E-state index < -0.39 is 0 Å². The largest absolute Gasteiger partial charge is 0.493 e. The molecule has 2 aromatic carbocycles. The molecule has 0 bridgehead atoms. The van der Waals surface area contributed by atoms with E-state index >= 15 is 0 Å². The van der Waals surface area contributed by atoms with Crippen LogP contribution in [0.3, 0.4) is 0 Å². The molecule has 0 spiro atoms. The number of methoxy groups -OCH3 is 3. The molecule has 1 unspecified atom stereocenters. The Hall–Kier alpha value is -2.93. The number of ether oxygens (including phenoxy) is 5. The zero-order valence-corrected chi connectivity index (χ0v) is 17.6. The van der Waals surface area contributed by atoms with E-state index in [-0.39, 0.29) is 18.6 Å². The summed E-state index contributed by atoms with van der Waals surface area (Å²) < 4.78 is 26.9. The van der Waals surface area contributed by atoms with Gasteiger partial charge >= 0.3 is 0 Å². The van der Waals surface area contributed by atoms with Crippen molar-refractivity contribution in [1.82, 2.24) is 5.32 Å². The van der Waals surface area contributed by atoms with E-state index in [2.05, 4.69) is 5.32 Å². The average molecular weight is 403 g/mol.